The maximum atomic E-state index is 3.46. The van der Waals surface area contributed by atoms with Crippen molar-refractivity contribution < 1.29 is 0 Å². The second-order valence-electron chi connectivity index (χ2n) is 4.83. The molecule has 96 valence electrons. The lowest BCUT2D eigenvalue weighted by molar-refractivity contribution is 0.607. The first-order valence-electron chi connectivity index (χ1n) is 6.76. The summed E-state index contributed by atoms with van der Waals surface area (Å²) in [6.45, 7) is 12.1. The van der Waals surface area contributed by atoms with Gasteiger partial charge in [0.15, 0.2) is 0 Å². The van der Waals surface area contributed by atoms with Gasteiger partial charge in [-0.2, -0.15) is 0 Å². The Balaban J connectivity index is 2.49. The number of nitrogens with one attached hydrogen (secondary N) is 1. The molecule has 2 nitrogen and oxygen atoms in total. The van der Waals surface area contributed by atoms with E-state index in [1.165, 1.54) is 17.8 Å². The van der Waals surface area contributed by atoms with Crippen molar-refractivity contribution in [3.8, 4) is 0 Å². The van der Waals surface area contributed by atoms with Gasteiger partial charge in [-0.25, -0.2) is 0 Å². The van der Waals surface area contributed by atoms with Crippen molar-refractivity contribution in [1.29, 1.82) is 0 Å². The zero-order valence-corrected chi connectivity index (χ0v) is 11.7. The van der Waals surface area contributed by atoms with Crippen LogP contribution in [0.4, 0.5) is 11.4 Å². The van der Waals surface area contributed by atoms with Crippen molar-refractivity contribution in [3.05, 3.63) is 24.3 Å². The van der Waals surface area contributed by atoms with Crippen LogP contribution in [0.15, 0.2) is 24.3 Å². The second kappa shape index (κ2) is 7.21. The van der Waals surface area contributed by atoms with E-state index in [0.29, 0.717) is 0 Å². The molecule has 0 atom stereocenters. The van der Waals surface area contributed by atoms with Crippen molar-refractivity contribution in [2.75, 3.05) is 29.9 Å². The monoisotopic (exact) mass is 234 g/mol. The van der Waals surface area contributed by atoms with Crippen LogP contribution in [0.1, 0.15) is 34.1 Å². The molecule has 0 aromatic heterocycles. The minimum Gasteiger partial charge on any atom is -0.385 e. The van der Waals surface area contributed by atoms with Crippen LogP contribution in [0.3, 0.4) is 0 Å². The molecule has 0 fully saturated rings. The quantitative estimate of drug-likeness (QED) is 0.767. The topological polar surface area (TPSA) is 15.3 Å². The van der Waals surface area contributed by atoms with Gasteiger partial charge in [0.05, 0.1) is 0 Å². The first-order valence-corrected chi connectivity index (χ1v) is 6.76. The molecule has 0 aliphatic carbocycles. The highest BCUT2D eigenvalue weighted by Crippen LogP contribution is 2.17. The van der Waals surface area contributed by atoms with Crippen LogP contribution in [0, 0.1) is 5.92 Å². The maximum Gasteiger partial charge on any atom is 0.0367 e. The summed E-state index contributed by atoms with van der Waals surface area (Å²) >= 11 is 0. The van der Waals surface area contributed by atoms with Gasteiger partial charge in [-0.1, -0.05) is 13.8 Å². The molecule has 0 spiro atoms. The smallest absolute Gasteiger partial charge is 0.0367 e. The lowest BCUT2D eigenvalue weighted by Crippen LogP contribution is -2.21. The van der Waals surface area contributed by atoms with Gasteiger partial charge < -0.3 is 10.2 Å². The van der Waals surface area contributed by atoms with E-state index >= 15 is 0 Å². The van der Waals surface area contributed by atoms with E-state index in [0.717, 1.165) is 25.6 Å². The molecule has 1 N–H and O–H groups in total. The molecule has 1 aromatic carbocycles. The minimum absolute atomic E-state index is 0.762. The molecule has 0 aliphatic rings. The first-order chi connectivity index (χ1) is 8.17. The van der Waals surface area contributed by atoms with E-state index in [-0.39, 0.29) is 0 Å². The summed E-state index contributed by atoms with van der Waals surface area (Å²) in [7, 11) is 0. The van der Waals surface area contributed by atoms with E-state index in [1.54, 1.807) is 0 Å². The molecule has 0 saturated heterocycles. The zero-order chi connectivity index (χ0) is 12.7. The maximum absolute atomic E-state index is 3.46. The van der Waals surface area contributed by atoms with E-state index in [1.807, 2.05) is 0 Å². The average molecular weight is 234 g/mol. The third-order valence-corrected chi connectivity index (χ3v) is 3.05. The van der Waals surface area contributed by atoms with E-state index in [9.17, 15) is 0 Å². The molecular weight excluding hydrogens is 208 g/mol. The van der Waals surface area contributed by atoms with Crippen LogP contribution in [-0.2, 0) is 0 Å². The van der Waals surface area contributed by atoms with Gasteiger partial charge in [-0.15, -0.1) is 0 Å². The third-order valence-electron chi connectivity index (χ3n) is 3.05. The fourth-order valence-electron chi connectivity index (χ4n) is 1.88. The van der Waals surface area contributed by atoms with Crippen LogP contribution < -0.4 is 10.2 Å². The van der Waals surface area contributed by atoms with Crippen molar-refractivity contribution >= 4 is 11.4 Å². The Kier molecular flexibility index (Phi) is 5.88. The van der Waals surface area contributed by atoms with Crippen molar-refractivity contribution in [2.24, 2.45) is 5.92 Å². The summed E-state index contributed by atoms with van der Waals surface area (Å²) in [4.78, 5) is 2.36. The Hall–Kier alpha value is -1.18. The molecule has 17 heavy (non-hydrogen) atoms. The molecule has 0 saturated carbocycles. The van der Waals surface area contributed by atoms with Crippen molar-refractivity contribution in [1.82, 2.24) is 0 Å². The largest absolute Gasteiger partial charge is 0.385 e. The van der Waals surface area contributed by atoms with Crippen molar-refractivity contribution in [3.63, 3.8) is 0 Å². The first kappa shape index (κ1) is 13.9. The van der Waals surface area contributed by atoms with Crippen molar-refractivity contribution in [2.45, 2.75) is 34.1 Å². The highest BCUT2D eigenvalue weighted by Gasteiger charge is 2.01. The number of hydrogen-bond donors (Lipinski definition) is 1. The Labute approximate surface area is 106 Å². The summed E-state index contributed by atoms with van der Waals surface area (Å²) in [5.74, 6) is 0.762. The Morgan fingerprint density at radius 2 is 1.65 bits per heavy atom. The Morgan fingerprint density at radius 3 is 2.12 bits per heavy atom. The van der Waals surface area contributed by atoms with Gasteiger partial charge >= 0.3 is 0 Å². The minimum atomic E-state index is 0.762. The second-order valence-corrected chi connectivity index (χ2v) is 4.83. The van der Waals surface area contributed by atoms with Gasteiger partial charge in [0, 0.05) is 31.0 Å². The van der Waals surface area contributed by atoms with Gasteiger partial charge in [0.2, 0.25) is 0 Å². The predicted molar refractivity (Wildman–Crippen MR) is 77.9 cm³/mol. The number of anilines is 2. The summed E-state index contributed by atoms with van der Waals surface area (Å²) in [5.41, 5.74) is 2.53. The van der Waals surface area contributed by atoms with Gasteiger partial charge in [0.25, 0.3) is 0 Å². The average Bonchev–Trinajstić information content (AvgIpc) is 2.32. The SMILES string of the molecule is CCN(CC)c1ccc(NCCC(C)C)cc1. The van der Waals surface area contributed by atoms with E-state index in [2.05, 4.69) is 62.2 Å². The number of benzene rings is 1. The van der Waals surface area contributed by atoms with E-state index < -0.39 is 0 Å². The fraction of sp³-hybridized carbons (Fsp3) is 0.600. The fourth-order valence-corrected chi connectivity index (χ4v) is 1.88. The standard InChI is InChI=1S/C15H26N2/c1-5-17(6-2)15-9-7-14(8-10-15)16-12-11-13(3)4/h7-10,13,16H,5-6,11-12H2,1-4H3. The molecule has 0 bridgehead atoms. The molecule has 0 unspecified atom stereocenters. The van der Waals surface area contributed by atoms with Crippen LogP contribution in [0.25, 0.3) is 0 Å². The highest BCUT2D eigenvalue weighted by atomic mass is 15.1. The van der Waals surface area contributed by atoms with Gasteiger partial charge in [-0.3, -0.25) is 0 Å². The molecule has 0 heterocycles. The molecular formula is C15H26N2. The van der Waals surface area contributed by atoms with Crippen LogP contribution in [-0.4, -0.2) is 19.6 Å². The zero-order valence-electron chi connectivity index (χ0n) is 11.7. The highest BCUT2D eigenvalue weighted by molar-refractivity contribution is 5.54. The molecule has 1 aromatic rings. The summed E-state index contributed by atoms with van der Waals surface area (Å²) in [6, 6.07) is 8.75. The molecule has 2 heteroatoms. The molecule has 1 rings (SSSR count). The number of rotatable bonds is 7. The summed E-state index contributed by atoms with van der Waals surface area (Å²) in [5, 5.41) is 3.46. The number of nitrogens with zero attached hydrogens (tertiary/aromatic N) is 1. The Morgan fingerprint density at radius 1 is 1.06 bits per heavy atom. The lowest BCUT2D eigenvalue weighted by atomic mass is 10.1. The molecule has 0 amide bonds. The third kappa shape index (κ3) is 4.68. The van der Waals surface area contributed by atoms with E-state index in [4.69, 9.17) is 0 Å². The summed E-state index contributed by atoms with van der Waals surface area (Å²) < 4.78 is 0. The molecule has 0 radical (unpaired) electrons. The van der Waals surface area contributed by atoms with Gasteiger partial charge in [-0.05, 0) is 50.5 Å². The summed E-state index contributed by atoms with van der Waals surface area (Å²) in [6.07, 6.45) is 1.22. The van der Waals surface area contributed by atoms with Crippen LogP contribution in [0.2, 0.25) is 0 Å². The lowest BCUT2D eigenvalue weighted by Gasteiger charge is -2.21. The molecule has 0 aliphatic heterocycles. The van der Waals surface area contributed by atoms with Crippen LogP contribution >= 0.6 is 0 Å². The number of hydrogen-bond acceptors (Lipinski definition) is 2. The van der Waals surface area contributed by atoms with Gasteiger partial charge in [0.1, 0.15) is 0 Å². The normalized spacial score (nSPS) is 10.6. The Bertz CT molecular complexity index is 299. The van der Waals surface area contributed by atoms with Crippen LogP contribution in [0.5, 0.6) is 0 Å². The predicted octanol–water partition coefficient (Wildman–Crippen LogP) is 3.99.